The molecule has 0 bridgehead atoms. The average molecular weight is 245 g/mol. The predicted octanol–water partition coefficient (Wildman–Crippen LogP) is 1.87. The molecule has 5 heteroatoms. The van der Waals surface area contributed by atoms with E-state index in [0.29, 0.717) is 30.7 Å². The van der Waals surface area contributed by atoms with E-state index >= 15 is 0 Å². The number of methoxy groups -OCH3 is 1. The first-order valence-electron chi connectivity index (χ1n) is 5.19. The zero-order valence-corrected chi connectivity index (χ0v) is 10.4. The van der Waals surface area contributed by atoms with Crippen LogP contribution in [-0.4, -0.2) is 32.4 Å². The van der Waals surface area contributed by atoms with Crippen molar-refractivity contribution in [3.63, 3.8) is 0 Å². The highest BCUT2D eigenvalue weighted by molar-refractivity contribution is 6.31. The smallest absolute Gasteiger partial charge is 0.213 e. The minimum Gasteiger partial charge on any atom is -0.478 e. The molecule has 4 nitrogen and oxygen atoms in total. The van der Waals surface area contributed by atoms with Crippen molar-refractivity contribution in [2.24, 2.45) is 0 Å². The highest BCUT2D eigenvalue weighted by Gasteiger charge is 2.03. The van der Waals surface area contributed by atoms with Crippen molar-refractivity contribution in [3.05, 3.63) is 22.8 Å². The van der Waals surface area contributed by atoms with Crippen LogP contribution in [0.15, 0.2) is 12.1 Å². The Hall–Kier alpha value is -0.840. The molecule has 1 aromatic heterocycles. The Morgan fingerprint density at radius 3 is 2.88 bits per heavy atom. The van der Waals surface area contributed by atoms with Gasteiger partial charge < -0.3 is 14.8 Å². The normalized spacial score (nSPS) is 10.4. The molecule has 0 amide bonds. The Bertz CT molecular complexity index is 321. The van der Waals surface area contributed by atoms with Crippen LogP contribution in [0.3, 0.4) is 0 Å². The lowest BCUT2D eigenvalue weighted by atomic mass is 10.3. The molecule has 0 aliphatic heterocycles. The first kappa shape index (κ1) is 13.2. The van der Waals surface area contributed by atoms with E-state index in [1.807, 2.05) is 7.05 Å². The maximum atomic E-state index is 5.98. The van der Waals surface area contributed by atoms with E-state index in [-0.39, 0.29) is 0 Å². The molecule has 1 heterocycles. The minimum absolute atomic E-state index is 0.599. The first-order valence-corrected chi connectivity index (χ1v) is 5.57. The van der Waals surface area contributed by atoms with Gasteiger partial charge in [0, 0.05) is 32.7 Å². The number of halogens is 1. The third kappa shape index (κ3) is 4.35. The molecule has 90 valence electrons. The Labute approximate surface area is 101 Å². The van der Waals surface area contributed by atoms with Gasteiger partial charge in [-0.3, -0.25) is 0 Å². The average Bonchev–Trinajstić information content (AvgIpc) is 2.29. The van der Waals surface area contributed by atoms with Crippen LogP contribution in [0.25, 0.3) is 0 Å². The van der Waals surface area contributed by atoms with Crippen LogP contribution in [0.4, 0.5) is 0 Å². The summed E-state index contributed by atoms with van der Waals surface area (Å²) in [6, 6.07) is 3.57. The Kier molecular flexibility index (Phi) is 6.15. The van der Waals surface area contributed by atoms with Crippen molar-refractivity contribution < 1.29 is 9.47 Å². The molecule has 0 unspecified atom stereocenters. The van der Waals surface area contributed by atoms with Crippen LogP contribution in [-0.2, 0) is 11.3 Å². The summed E-state index contributed by atoms with van der Waals surface area (Å²) in [5, 5.41) is 3.66. The predicted molar refractivity (Wildman–Crippen MR) is 64.0 cm³/mol. The molecule has 0 spiro atoms. The highest BCUT2D eigenvalue weighted by atomic mass is 35.5. The third-order valence-electron chi connectivity index (χ3n) is 1.98. The fourth-order valence-corrected chi connectivity index (χ4v) is 1.39. The van der Waals surface area contributed by atoms with Gasteiger partial charge in [0.1, 0.15) is 0 Å². The standard InChI is InChI=1S/C11H17ClN2O2/c1-13-8-10-9(12)4-5-11(14-10)16-7-3-6-15-2/h4-5,13H,3,6-8H2,1-2H3. The maximum Gasteiger partial charge on any atom is 0.213 e. The summed E-state index contributed by atoms with van der Waals surface area (Å²) in [4.78, 5) is 4.30. The van der Waals surface area contributed by atoms with Gasteiger partial charge in [0.25, 0.3) is 0 Å². The van der Waals surface area contributed by atoms with E-state index in [2.05, 4.69) is 10.3 Å². The zero-order chi connectivity index (χ0) is 11.8. The van der Waals surface area contributed by atoms with Gasteiger partial charge in [-0.15, -0.1) is 0 Å². The van der Waals surface area contributed by atoms with E-state index in [1.54, 1.807) is 19.2 Å². The Morgan fingerprint density at radius 1 is 1.38 bits per heavy atom. The number of nitrogens with one attached hydrogen (secondary N) is 1. The quantitative estimate of drug-likeness (QED) is 0.744. The molecule has 0 atom stereocenters. The van der Waals surface area contributed by atoms with Crippen molar-refractivity contribution in [2.45, 2.75) is 13.0 Å². The molecule has 0 saturated carbocycles. The number of ether oxygens (including phenoxy) is 2. The van der Waals surface area contributed by atoms with Gasteiger partial charge in [-0.05, 0) is 13.1 Å². The van der Waals surface area contributed by atoms with Crippen LogP contribution in [0, 0.1) is 0 Å². The highest BCUT2D eigenvalue weighted by Crippen LogP contribution is 2.17. The summed E-state index contributed by atoms with van der Waals surface area (Å²) in [5.41, 5.74) is 0.799. The summed E-state index contributed by atoms with van der Waals surface area (Å²) in [6.45, 7) is 1.92. The summed E-state index contributed by atoms with van der Waals surface area (Å²) in [6.07, 6.45) is 0.849. The molecule has 0 fully saturated rings. The molecule has 1 rings (SSSR count). The summed E-state index contributed by atoms with van der Waals surface area (Å²) < 4.78 is 10.4. The van der Waals surface area contributed by atoms with Gasteiger partial charge in [-0.2, -0.15) is 0 Å². The molecule has 1 aromatic rings. The van der Waals surface area contributed by atoms with Crippen LogP contribution < -0.4 is 10.1 Å². The molecule has 0 saturated heterocycles. The van der Waals surface area contributed by atoms with Crippen LogP contribution in [0.5, 0.6) is 5.88 Å². The molecule has 0 aliphatic rings. The van der Waals surface area contributed by atoms with Crippen LogP contribution in [0.2, 0.25) is 5.02 Å². The SMILES string of the molecule is CNCc1nc(OCCCOC)ccc1Cl. The van der Waals surface area contributed by atoms with Gasteiger partial charge in [-0.1, -0.05) is 11.6 Å². The Morgan fingerprint density at radius 2 is 2.19 bits per heavy atom. The zero-order valence-electron chi connectivity index (χ0n) is 9.62. The van der Waals surface area contributed by atoms with Gasteiger partial charge in [0.15, 0.2) is 0 Å². The van der Waals surface area contributed by atoms with Gasteiger partial charge in [0.05, 0.1) is 17.3 Å². The second-order valence-electron chi connectivity index (χ2n) is 3.30. The minimum atomic E-state index is 0.599. The van der Waals surface area contributed by atoms with E-state index in [4.69, 9.17) is 21.1 Å². The molecular formula is C11H17ClN2O2. The number of nitrogens with zero attached hydrogens (tertiary/aromatic N) is 1. The second kappa shape index (κ2) is 7.44. The summed E-state index contributed by atoms with van der Waals surface area (Å²) >= 11 is 5.98. The molecule has 0 aromatic carbocycles. The molecule has 16 heavy (non-hydrogen) atoms. The van der Waals surface area contributed by atoms with Crippen molar-refractivity contribution >= 4 is 11.6 Å². The van der Waals surface area contributed by atoms with Gasteiger partial charge in [0.2, 0.25) is 5.88 Å². The molecule has 0 radical (unpaired) electrons. The van der Waals surface area contributed by atoms with Gasteiger partial charge in [-0.25, -0.2) is 4.98 Å². The summed E-state index contributed by atoms with van der Waals surface area (Å²) in [7, 11) is 3.52. The van der Waals surface area contributed by atoms with Crippen LogP contribution in [0.1, 0.15) is 12.1 Å². The number of aromatic nitrogens is 1. The van der Waals surface area contributed by atoms with E-state index in [1.165, 1.54) is 0 Å². The number of pyridine rings is 1. The number of rotatable bonds is 7. The van der Waals surface area contributed by atoms with Crippen molar-refractivity contribution in [1.82, 2.24) is 10.3 Å². The van der Waals surface area contributed by atoms with E-state index in [9.17, 15) is 0 Å². The molecular weight excluding hydrogens is 228 g/mol. The monoisotopic (exact) mass is 244 g/mol. The molecule has 1 N–H and O–H groups in total. The fraction of sp³-hybridized carbons (Fsp3) is 0.545. The Balaban J connectivity index is 2.50. The first-order chi connectivity index (χ1) is 7.77. The van der Waals surface area contributed by atoms with E-state index < -0.39 is 0 Å². The van der Waals surface area contributed by atoms with Crippen molar-refractivity contribution in [3.8, 4) is 5.88 Å². The van der Waals surface area contributed by atoms with E-state index in [0.717, 1.165) is 12.1 Å². The van der Waals surface area contributed by atoms with Gasteiger partial charge >= 0.3 is 0 Å². The summed E-state index contributed by atoms with van der Waals surface area (Å²) in [5.74, 6) is 0.603. The largest absolute Gasteiger partial charge is 0.478 e. The van der Waals surface area contributed by atoms with Crippen LogP contribution >= 0.6 is 11.6 Å². The number of hydrogen-bond acceptors (Lipinski definition) is 4. The second-order valence-corrected chi connectivity index (χ2v) is 3.71. The number of hydrogen-bond donors (Lipinski definition) is 1. The lowest BCUT2D eigenvalue weighted by Gasteiger charge is -2.08. The maximum absolute atomic E-state index is 5.98. The van der Waals surface area contributed by atoms with Crippen molar-refractivity contribution in [1.29, 1.82) is 0 Å². The third-order valence-corrected chi connectivity index (χ3v) is 2.32. The lowest BCUT2D eigenvalue weighted by molar-refractivity contribution is 0.170. The lowest BCUT2D eigenvalue weighted by Crippen LogP contribution is -2.09. The topological polar surface area (TPSA) is 43.4 Å². The fourth-order valence-electron chi connectivity index (χ4n) is 1.22. The van der Waals surface area contributed by atoms with Crippen molar-refractivity contribution in [2.75, 3.05) is 27.4 Å². The molecule has 0 aliphatic carbocycles.